The Balaban J connectivity index is 2.43. The first-order valence-corrected chi connectivity index (χ1v) is 6.87. The van der Waals surface area contributed by atoms with Crippen LogP contribution < -0.4 is 4.52 Å². The second kappa shape index (κ2) is 5.63. The van der Waals surface area contributed by atoms with Crippen molar-refractivity contribution in [3.8, 4) is 5.75 Å². The van der Waals surface area contributed by atoms with E-state index in [1.807, 2.05) is 10.5 Å². The summed E-state index contributed by atoms with van der Waals surface area (Å²) in [6, 6.07) is 4.05. The zero-order valence-electron chi connectivity index (χ0n) is 9.73. The highest BCUT2D eigenvalue weighted by Gasteiger charge is 2.10. The third-order valence-corrected chi connectivity index (χ3v) is 3.67. The largest absolute Gasteiger partial charge is 0.480 e. The lowest BCUT2D eigenvalue weighted by Crippen LogP contribution is -2.02. The Hall–Kier alpha value is -0.190. The van der Waals surface area contributed by atoms with Gasteiger partial charge in [-0.05, 0) is 31.0 Å². The summed E-state index contributed by atoms with van der Waals surface area (Å²) in [7, 11) is 7.61. The lowest BCUT2D eigenvalue weighted by molar-refractivity contribution is 0.641. The summed E-state index contributed by atoms with van der Waals surface area (Å²) in [6.07, 6.45) is 3.09. The van der Waals surface area contributed by atoms with Crippen molar-refractivity contribution in [2.75, 3.05) is 6.54 Å². The van der Waals surface area contributed by atoms with Crippen LogP contribution in [0.15, 0.2) is 18.3 Å². The van der Waals surface area contributed by atoms with Gasteiger partial charge in [0.05, 0.1) is 9.47 Å². The fourth-order valence-electron chi connectivity index (χ4n) is 2.04. The molecule has 17 heavy (non-hydrogen) atoms. The molecule has 1 N–H and O–H groups in total. The van der Waals surface area contributed by atoms with Crippen molar-refractivity contribution >= 4 is 39.2 Å². The Bertz CT molecular complexity index is 525. The molecule has 0 aliphatic rings. The van der Waals surface area contributed by atoms with Gasteiger partial charge in [-0.3, -0.25) is 4.44 Å². The van der Waals surface area contributed by atoms with E-state index >= 15 is 0 Å². The van der Waals surface area contributed by atoms with Gasteiger partial charge >= 0.3 is 0 Å². The highest BCUT2D eigenvalue weighted by Crippen LogP contribution is 2.31. The molecule has 0 saturated heterocycles. The summed E-state index contributed by atoms with van der Waals surface area (Å²) in [4.78, 5) is 3.31. The zero-order chi connectivity index (χ0) is 12.4. The SMILES string of the molecule is Cc1c(OP)ccc2[nH]cc(CCN(P)P)c12. The minimum Gasteiger partial charge on any atom is -0.480 e. The van der Waals surface area contributed by atoms with Crippen LogP contribution in [0.2, 0.25) is 0 Å². The Kier molecular flexibility index (Phi) is 4.39. The highest BCUT2D eigenvalue weighted by molar-refractivity contribution is 7.30. The summed E-state index contributed by atoms with van der Waals surface area (Å²) in [6.45, 7) is 3.08. The maximum atomic E-state index is 5.29. The molecule has 0 saturated carbocycles. The van der Waals surface area contributed by atoms with E-state index in [2.05, 4.69) is 52.4 Å². The molecule has 1 aromatic carbocycles. The van der Waals surface area contributed by atoms with Gasteiger partial charge in [0.15, 0.2) is 0 Å². The predicted molar refractivity (Wildman–Crippen MR) is 83.2 cm³/mol. The van der Waals surface area contributed by atoms with E-state index in [0.717, 1.165) is 18.7 Å². The summed E-state index contributed by atoms with van der Waals surface area (Å²) in [5.41, 5.74) is 3.69. The number of nitrogens with one attached hydrogen (secondary N) is 1. The zero-order valence-corrected chi connectivity index (χ0v) is 13.2. The Morgan fingerprint density at radius 1 is 1.35 bits per heavy atom. The van der Waals surface area contributed by atoms with E-state index in [4.69, 9.17) is 4.52 Å². The number of fused-ring (bicyclic) bond motifs is 1. The smallest absolute Gasteiger partial charge is 0.126 e. The van der Waals surface area contributed by atoms with E-state index < -0.39 is 0 Å². The summed E-state index contributed by atoms with van der Waals surface area (Å²) in [5, 5.41) is 1.28. The third kappa shape index (κ3) is 2.80. The van der Waals surface area contributed by atoms with Crippen molar-refractivity contribution in [2.45, 2.75) is 13.3 Å². The number of hydrogen-bond donors (Lipinski definition) is 1. The van der Waals surface area contributed by atoms with Crippen LogP contribution in [-0.4, -0.2) is 16.0 Å². The first-order valence-electron chi connectivity index (χ1n) is 5.36. The molecule has 3 nitrogen and oxygen atoms in total. The molecule has 2 rings (SSSR count). The van der Waals surface area contributed by atoms with Crippen molar-refractivity contribution in [1.29, 1.82) is 0 Å². The van der Waals surface area contributed by atoms with Gasteiger partial charge in [0.1, 0.15) is 5.75 Å². The maximum absolute atomic E-state index is 5.29. The lowest BCUT2D eigenvalue weighted by Gasteiger charge is -2.10. The first kappa shape index (κ1) is 13.2. The van der Waals surface area contributed by atoms with Gasteiger partial charge in [-0.15, -0.1) is 0 Å². The van der Waals surface area contributed by atoms with Crippen LogP contribution in [0.5, 0.6) is 5.75 Å². The normalized spacial score (nSPS) is 11.4. The Labute approximate surface area is 108 Å². The number of nitrogens with zero attached hydrogens (tertiary/aromatic N) is 1. The molecule has 3 atom stereocenters. The number of aryl methyl sites for hydroxylation is 1. The van der Waals surface area contributed by atoms with Gasteiger partial charge in [0.2, 0.25) is 0 Å². The molecular formula is C11H17N2OP3. The Morgan fingerprint density at radius 2 is 2.12 bits per heavy atom. The van der Waals surface area contributed by atoms with E-state index in [1.165, 1.54) is 22.0 Å². The molecular weight excluding hydrogens is 269 g/mol. The van der Waals surface area contributed by atoms with Crippen molar-refractivity contribution in [2.24, 2.45) is 0 Å². The second-order valence-electron chi connectivity index (χ2n) is 4.03. The Morgan fingerprint density at radius 3 is 2.76 bits per heavy atom. The minimum atomic E-state index is 0.914. The molecule has 0 spiro atoms. The van der Waals surface area contributed by atoms with Crippen LogP contribution in [0.3, 0.4) is 0 Å². The predicted octanol–water partition coefficient (Wildman–Crippen LogP) is 3.07. The van der Waals surface area contributed by atoms with Crippen molar-refractivity contribution in [1.82, 2.24) is 9.42 Å². The molecule has 6 heteroatoms. The third-order valence-electron chi connectivity index (χ3n) is 2.90. The van der Waals surface area contributed by atoms with Gasteiger partial charge in [-0.25, -0.2) is 0 Å². The lowest BCUT2D eigenvalue weighted by atomic mass is 10.0. The van der Waals surface area contributed by atoms with Crippen LogP contribution in [0.25, 0.3) is 10.9 Å². The number of hydrogen-bond acceptors (Lipinski definition) is 2. The number of aromatic amines is 1. The molecule has 0 amide bonds. The molecule has 1 heterocycles. The van der Waals surface area contributed by atoms with Crippen LogP contribution >= 0.6 is 28.2 Å². The molecule has 1 aromatic heterocycles. The minimum absolute atomic E-state index is 0.914. The molecule has 92 valence electrons. The molecule has 0 fully saturated rings. The topological polar surface area (TPSA) is 28.3 Å². The van der Waals surface area contributed by atoms with Gasteiger partial charge < -0.3 is 9.51 Å². The van der Waals surface area contributed by atoms with Crippen molar-refractivity contribution in [3.05, 3.63) is 29.5 Å². The molecule has 0 aliphatic carbocycles. The van der Waals surface area contributed by atoms with Gasteiger partial charge in [-0.2, -0.15) is 0 Å². The average Bonchev–Trinajstić information content (AvgIpc) is 2.71. The molecule has 0 bridgehead atoms. The molecule has 3 unspecified atom stereocenters. The van der Waals surface area contributed by atoms with Gasteiger partial charge in [0.25, 0.3) is 0 Å². The van der Waals surface area contributed by atoms with Crippen molar-refractivity contribution < 1.29 is 4.52 Å². The fraction of sp³-hybridized carbons (Fsp3) is 0.273. The van der Waals surface area contributed by atoms with Crippen LogP contribution in [-0.2, 0) is 6.42 Å². The van der Waals surface area contributed by atoms with Crippen LogP contribution in [0.1, 0.15) is 11.1 Å². The molecule has 2 aromatic rings. The quantitative estimate of drug-likeness (QED) is 0.875. The molecule has 0 aliphatic heterocycles. The van der Waals surface area contributed by atoms with E-state index in [0.29, 0.717) is 0 Å². The standard InChI is InChI=1S/C11H17N2OP3/c1-7-10(14-17)3-2-9-11(7)8(6-12-9)4-5-13(15)16/h2-3,6,12H,4-5,15-17H2,1H3. The summed E-state index contributed by atoms with van der Waals surface area (Å²) >= 11 is 0. The van der Waals surface area contributed by atoms with E-state index in [9.17, 15) is 0 Å². The molecule has 0 radical (unpaired) electrons. The van der Waals surface area contributed by atoms with Gasteiger partial charge in [0, 0.05) is 29.2 Å². The summed E-state index contributed by atoms with van der Waals surface area (Å²) in [5.74, 6) is 0.914. The fourth-order valence-corrected chi connectivity index (χ4v) is 2.55. The number of benzene rings is 1. The second-order valence-corrected chi connectivity index (χ2v) is 6.19. The number of aromatic nitrogens is 1. The first-order chi connectivity index (χ1) is 8.13. The van der Waals surface area contributed by atoms with Crippen LogP contribution in [0, 0.1) is 6.92 Å². The summed E-state index contributed by atoms with van der Waals surface area (Å²) < 4.78 is 7.32. The van der Waals surface area contributed by atoms with E-state index in [-0.39, 0.29) is 0 Å². The number of rotatable bonds is 4. The average molecular weight is 286 g/mol. The van der Waals surface area contributed by atoms with Crippen molar-refractivity contribution in [3.63, 3.8) is 0 Å². The number of H-pyrrole nitrogens is 1. The van der Waals surface area contributed by atoms with E-state index in [1.54, 1.807) is 0 Å². The highest BCUT2D eigenvalue weighted by atomic mass is 31.1. The van der Waals surface area contributed by atoms with Crippen LogP contribution in [0.4, 0.5) is 0 Å². The monoisotopic (exact) mass is 286 g/mol. The maximum Gasteiger partial charge on any atom is 0.126 e. The van der Waals surface area contributed by atoms with Gasteiger partial charge in [-0.1, -0.05) is 18.8 Å².